The van der Waals surface area contributed by atoms with Gasteiger partial charge in [-0.3, -0.25) is 4.79 Å². The number of rotatable bonds is 6. The molecule has 3 aromatic rings. The number of nitriles is 1. The summed E-state index contributed by atoms with van der Waals surface area (Å²) in [6.07, 6.45) is 1.82. The number of nitrogens with two attached hydrogens (primary N) is 1. The Kier molecular flexibility index (Phi) is 8.10. The highest BCUT2D eigenvalue weighted by Gasteiger charge is 2.23. The number of nitrogens with one attached hydrogen (secondary N) is 2. The normalized spacial score (nSPS) is 13.6. The van der Waals surface area contributed by atoms with E-state index in [1.165, 1.54) is 19.2 Å². The first-order valence-electron chi connectivity index (χ1n) is 10.7. The molecule has 34 heavy (non-hydrogen) atoms. The number of carbonyl (C=O) groups is 1. The van der Waals surface area contributed by atoms with E-state index in [1.807, 2.05) is 24.3 Å². The van der Waals surface area contributed by atoms with Gasteiger partial charge in [0.05, 0.1) is 18.7 Å². The molecule has 0 spiro atoms. The van der Waals surface area contributed by atoms with E-state index in [4.69, 9.17) is 10.5 Å². The first kappa shape index (κ1) is 25.0. The minimum atomic E-state index is -0.512. The van der Waals surface area contributed by atoms with Gasteiger partial charge < -0.3 is 21.1 Å². The first-order chi connectivity index (χ1) is 16.0. The molecule has 178 valence electrons. The SMILES string of the molecule is COc1ccc(F)cc1C(=O)NCc1ccc(-c2nn(C3CCNCC3)c(N)c2C#N)cc1.Cl. The van der Waals surface area contributed by atoms with Gasteiger partial charge in [0, 0.05) is 12.1 Å². The summed E-state index contributed by atoms with van der Waals surface area (Å²) in [4.78, 5) is 12.5. The third-order valence-electron chi connectivity index (χ3n) is 5.80. The van der Waals surface area contributed by atoms with Gasteiger partial charge in [-0.2, -0.15) is 10.4 Å². The summed E-state index contributed by atoms with van der Waals surface area (Å²) in [5, 5.41) is 20.4. The molecule has 0 atom stereocenters. The molecule has 2 aromatic carbocycles. The molecular weight excluding hydrogens is 459 g/mol. The van der Waals surface area contributed by atoms with Crippen LogP contribution in [0.15, 0.2) is 42.5 Å². The van der Waals surface area contributed by atoms with Gasteiger partial charge in [0.1, 0.15) is 34.7 Å². The number of amides is 1. The topological polar surface area (TPSA) is 118 Å². The van der Waals surface area contributed by atoms with Gasteiger partial charge in [-0.15, -0.1) is 12.4 Å². The Bertz CT molecular complexity index is 1200. The predicted octanol–water partition coefficient (Wildman–Crippen LogP) is 3.43. The first-order valence-corrected chi connectivity index (χ1v) is 10.7. The van der Waals surface area contributed by atoms with Gasteiger partial charge in [-0.25, -0.2) is 9.07 Å². The van der Waals surface area contributed by atoms with Gasteiger partial charge >= 0.3 is 0 Å². The highest BCUT2D eigenvalue weighted by atomic mass is 35.5. The molecule has 1 aliphatic rings. The summed E-state index contributed by atoms with van der Waals surface area (Å²) >= 11 is 0. The van der Waals surface area contributed by atoms with Gasteiger partial charge in [0.15, 0.2) is 0 Å². The monoisotopic (exact) mass is 484 g/mol. The van der Waals surface area contributed by atoms with Crippen molar-refractivity contribution in [1.29, 1.82) is 5.26 Å². The molecule has 1 saturated heterocycles. The number of halogens is 2. The Morgan fingerprint density at radius 2 is 2.00 bits per heavy atom. The van der Waals surface area contributed by atoms with Crippen molar-refractivity contribution in [3.8, 4) is 23.1 Å². The molecular formula is C24H26ClFN6O2. The number of anilines is 1. The van der Waals surface area contributed by atoms with Crippen LogP contribution in [0.5, 0.6) is 5.75 Å². The molecule has 1 fully saturated rings. The van der Waals surface area contributed by atoms with Crippen LogP contribution in [0.2, 0.25) is 0 Å². The molecule has 0 bridgehead atoms. The van der Waals surface area contributed by atoms with Crippen LogP contribution < -0.4 is 21.1 Å². The van der Waals surface area contributed by atoms with Crippen LogP contribution in [0.4, 0.5) is 10.2 Å². The van der Waals surface area contributed by atoms with Crippen LogP contribution in [0.3, 0.4) is 0 Å². The number of nitrogen functional groups attached to an aromatic ring is 1. The summed E-state index contributed by atoms with van der Waals surface area (Å²) in [7, 11) is 1.43. The zero-order valence-corrected chi connectivity index (χ0v) is 19.5. The predicted molar refractivity (Wildman–Crippen MR) is 129 cm³/mol. The van der Waals surface area contributed by atoms with Crippen molar-refractivity contribution < 1.29 is 13.9 Å². The lowest BCUT2D eigenvalue weighted by Crippen LogP contribution is -2.30. The molecule has 1 aromatic heterocycles. The zero-order chi connectivity index (χ0) is 23.4. The Morgan fingerprint density at radius 3 is 2.65 bits per heavy atom. The lowest BCUT2D eigenvalue weighted by molar-refractivity contribution is 0.0947. The fraction of sp³-hybridized carbons (Fsp3) is 0.292. The van der Waals surface area contributed by atoms with E-state index >= 15 is 0 Å². The summed E-state index contributed by atoms with van der Waals surface area (Å²) < 4.78 is 20.5. The molecule has 0 aliphatic carbocycles. The minimum absolute atomic E-state index is 0. The number of hydrogen-bond donors (Lipinski definition) is 3. The highest BCUT2D eigenvalue weighted by Crippen LogP contribution is 2.31. The van der Waals surface area contributed by atoms with Gasteiger partial charge in [-0.05, 0) is 49.7 Å². The average molecular weight is 485 g/mol. The summed E-state index contributed by atoms with van der Waals surface area (Å²) in [6.45, 7) is 2.03. The highest BCUT2D eigenvalue weighted by molar-refractivity contribution is 5.96. The molecule has 0 radical (unpaired) electrons. The molecule has 8 nitrogen and oxygen atoms in total. The number of hydrogen-bond acceptors (Lipinski definition) is 6. The second kappa shape index (κ2) is 11.0. The van der Waals surface area contributed by atoms with Crippen LogP contribution in [0.25, 0.3) is 11.3 Å². The molecule has 10 heteroatoms. The molecule has 0 unspecified atom stereocenters. The van der Waals surface area contributed by atoms with Crippen LogP contribution in [0.1, 0.15) is 40.4 Å². The molecule has 2 heterocycles. The van der Waals surface area contributed by atoms with Crippen molar-refractivity contribution in [1.82, 2.24) is 20.4 Å². The number of benzene rings is 2. The summed E-state index contributed by atoms with van der Waals surface area (Å²) in [6, 6.07) is 13.5. The Hall–Kier alpha value is -3.61. The molecule has 0 saturated carbocycles. The number of ether oxygens (including phenoxy) is 1. The Balaban J connectivity index is 0.00000324. The van der Waals surface area contributed by atoms with E-state index in [2.05, 4.69) is 21.8 Å². The third-order valence-corrected chi connectivity index (χ3v) is 5.80. The molecule has 4 N–H and O–H groups in total. The van der Waals surface area contributed by atoms with Crippen molar-refractivity contribution in [2.75, 3.05) is 25.9 Å². The van der Waals surface area contributed by atoms with Crippen molar-refractivity contribution in [2.24, 2.45) is 0 Å². The largest absolute Gasteiger partial charge is 0.496 e. The number of carbonyl (C=O) groups excluding carboxylic acids is 1. The van der Waals surface area contributed by atoms with E-state index in [-0.39, 0.29) is 30.6 Å². The van der Waals surface area contributed by atoms with Crippen molar-refractivity contribution >= 4 is 24.1 Å². The van der Waals surface area contributed by atoms with Crippen molar-refractivity contribution in [2.45, 2.75) is 25.4 Å². The van der Waals surface area contributed by atoms with E-state index < -0.39 is 11.7 Å². The molecule has 1 aliphatic heterocycles. The maximum Gasteiger partial charge on any atom is 0.255 e. The standard InChI is InChI=1S/C24H25FN6O2.ClH/c1-33-21-7-6-17(25)12-19(21)24(32)29-14-15-2-4-16(5-3-15)22-20(13-26)23(27)31(30-22)18-8-10-28-11-9-18;/h2-7,12,18,28H,8-11,14,27H2,1H3,(H,29,32);1H. The smallest absolute Gasteiger partial charge is 0.255 e. The lowest BCUT2D eigenvalue weighted by atomic mass is 10.1. The molecule has 1 amide bonds. The minimum Gasteiger partial charge on any atom is -0.496 e. The second-order valence-electron chi connectivity index (χ2n) is 7.87. The van der Waals surface area contributed by atoms with E-state index in [1.54, 1.807) is 4.68 Å². The number of piperidine rings is 1. The molecule has 4 rings (SSSR count). The summed E-state index contributed by atoms with van der Waals surface area (Å²) in [5.74, 6) is -0.257. The number of nitrogens with zero attached hydrogens (tertiary/aromatic N) is 3. The van der Waals surface area contributed by atoms with Crippen molar-refractivity contribution in [3.63, 3.8) is 0 Å². The van der Waals surface area contributed by atoms with E-state index in [0.717, 1.165) is 43.1 Å². The van der Waals surface area contributed by atoms with Crippen LogP contribution >= 0.6 is 12.4 Å². The van der Waals surface area contributed by atoms with Gasteiger partial charge in [0.2, 0.25) is 0 Å². The number of aromatic nitrogens is 2. The Labute approximate surface area is 203 Å². The zero-order valence-electron chi connectivity index (χ0n) is 18.7. The van der Waals surface area contributed by atoms with E-state index in [0.29, 0.717) is 22.8 Å². The van der Waals surface area contributed by atoms with Crippen LogP contribution in [-0.4, -0.2) is 35.9 Å². The Morgan fingerprint density at radius 1 is 1.29 bits per heavy atom. The number of methoxy groups -OCH3 is 1. The maximum atomic E-state index is 13.5. The van der Waals surface area contributed by atoms with Crippen LogP contribution in [-0.2, 0) is 6.54 Å². The van der Waals surface area contributed by atoms with Gasteiger partial charge in [-0.1, -0.05) is 24.3 Å². The average Bonchev–Trinajstić information content (AvgIpc) is 3.19. The third kappa shape index (κ3) is 5.14. The maximum absolute atomic E-state index is 13.5. The fourth-order valence-electron chi connectivity index (χ4n) is 4.01. The lowest BCUT2D eigenvalue weighted by Gasteiger charge is -2.23. The quantitative estimate of drug-likeness (QED) is 0.493. The van der Waals surface area contributed by atoms with Crippen molar-refractivity contribution in [3.05, 3.63) is 65.0 Å². The van der Waals surface area contributed by atoms with Gasteiger partial charge in [0.25, 0.3) is 5.91 Å². The fourth-order valence-corrected chi connectivity index (χ4v) is 4.01. The van der Waals surface area contributed by atoms with E-state index in [9.17, 15) is 14.4 Å². The second-order valence-corrected chi connectivity index (χ2v) is 7.87. The van der Waals surface area contributed by atoms with Crippen LogP contribution in [0, 0.1) is 17.1 Å². The summed E-state index contributed by atoms with van der Waals surface area (Å²) in [5.41, 5.74) is 8.92.